The number of hydrogen-bond acceptors (Lipinski definition) is 3. The van der Waals surface area contributed by atoms with Gasteiger partial charge in [-0.25, -0.2) is 9.97 Å². The maximum Gasteiger partial charge on any atom is 0.228 e. The van der Waals surface area contributed by atoms with E-state index in [1.165, 1.54) is 11.1 Å². The zero-order valence-corrected chi connectivity index (χ0v) is 14.1. The third-order valence-corrected chi connectivity index (χ3v) is 4.54. The highest BCUT2D eigenvalue weighted by Gasteiger charge is 2.18. The van der Waals surface area contributed by atoms with E-state index in [0.29, 0.717) is 6.42 Å². The van der Waals surface area contributed by atoms with Gasteiger partial charge < -0.3 is 5.32 Å². The Morgan fingerprint density at radius 3 is 2.68 bits per heavy atom. The van der Waals surface area contributed by atoms with E-state index < -0.39 is 0 Å². The topological polar surface area (TPSA) is 54.9 Å². The molecule has 0 bridgehead atoms. The number of hydrogen-bond donors (Lipinski definition) is 1. The summed E-state index contributed by atoms with van der Waals surface area (Å²) >= 11 is 0. The fourth-order valence-corrected chi connectivity index (χ4v) is 3.09. The fourth-order valence-electron chi connectivity index (χ4n) is 3.09. The molecule has 3 aromatic rings. The Hall–Kier alpha value is -3.01. The van der Waals surface area contributed by atoms with Crippen LogP contribution in [0.3, 0.4) is 0 Å². The molecule has 25 heavy (non-hydrogen) atoms. The minimum Gasteiger partial charge on any atom is -0.326 e. The van der Waals surface area contributed by atoms with Crippen molar-refractivity contribution in [3.63, 3.8) is 0 Å². The first-order valence-corrected chi connectivity index (χ1v) is 8.47. The van der Waals surface area contributed by atoms with Crippen LogP contribution in [0.15, 0.2) is 54.9 Å². The third-order valence-electron chi connectivity index (χ3n) is 4.54. The molecule has 1 aliphatic heterocycles. The van der Waals surface area contributed by atoms with Crippen LogP contribution in [-0.2, 0) is 24.1 Å². The second-order valence-corrected chi connectivity index (χ2v) is 6.48. The summed E-state index contributed by atoms with van der Waals surface area (Å²) in [7, 11) is 0. The van der Waals surface area contributed by atoms with Gasteiger partial charge in [0.2, 0.25) is 5.91 Å². The van der Waals surface area contributed by atoms with Gasteiger partial charge in [0.25, 0.3) is 0 Å². The van der Waals surface area contributed by atoms with E-state index >= 15 is 0 Å². The molecular formula is C21H19N3O. The number of carbonyl (C=O) groups is 1. The van der Waals surface area contributed by atoms with E-state index in [0.717, 1.165) is 41.0 Å². The van der Waals surface area contributed by atoms with E-state index in [2.05, 4.69) is 46.5 Å². The molecule has 0 radical (unpaired) electrons. The van der Waals surface area contributed by atoms with Gasteiger partial charge in [-0.3, -0.25) is 4.79 Å². The Labute approximate surface area is 147 Å². The van der Waals surface area contributed by atoms with Crippen molar-refractivity contribution in [3.05, 3.63) is 77.2 Å². The highest BCUT2D eigenvalue weighted by Crippen LogP contribution is 2.28. The zero-order valence-electron chi connectivity index (χ0n) is 14.1. The molecule has 0 saturated carbocycles. The highest BCUT2D eigenvalue weighted by atomic mass is 16.1. The van der Waals surface area contributed by atoms with E-state index in [9.17, 15) is 4.79 Å². The van der Waals surface area contributed by atoms with Gasteiger partial charge >= 0.3 is 0 Å². The van der Waals surface area contributed by atoms with Crippen LogP contribution in [0, 0.1) is 6.92 Å². The molecule has 0 aliphatic carbocycles. The van der Waals surface area contributed by atoms with Gasteiger partial charge in [-0.15, -0.1) is 0 Å². The number of anilines is 1. The molecule has 2 heterocycles. The lowest BCUT2D eigenvalue weighted by atomic mass is 10.0. The van der Waals surface area contributed by atoms with Crippen LogP contribution in [0.25, 0.3) is 11.3 Å². The standard InChI is InChI=1S/C21H19N3O/c1-14-2-4-15(5-3-14)6-9-18-12-19(23-13-22-18)16-7-8-17-11-21(25)24-20(17)10-16/h2-5,7-8,10,12-13H,6,9,11H2,1H3,(H,24,25). The van der Waals surface area contributed by atoms with Crippen LogP contribution in [0.2, 0.25) is 0 Å². The molecule has 4 heteroatoms. The minimum atomic E-state index is 0.0497. The monoisotopic (exact) mass is 329 g/mol. The molecule has 1 amide bonds. The SMILES string of the molecule is Cc1ccc(CCc2cc(-c3ccc4c(c3)NC(=O)C4)ncn2)cc1. The zero-order chi connectivity index (χ0) is 17.2. The number of aryl methyl sites for hydroxylation is 3. The molecule has 0 fully saturated rings. The van der Waals surface area contributed by atoms with Gasteiger partial charge in [0, 0.05) is 16.9 Å². The normalized spacial score (nSPS) is 12.8. The number of nitrogens with one attached hydrogen (secondary N) is 1. The first-order valence-electron chi connectivity index (χ1n) is 8.47. The molecule has 0 spiro atoms. The average Bonchev–Trinajstić information content (AvgIpc) is 3.00. The van der Waals surface area contributed by atoms with Gasteiger partial charge in [0.1, 0.15) is 6.33 Å². The molecule has 0 unspecified atom stereocenters. The summed E-state index contributed by atoms with van der Waals surface area (Å²) in [4.78, 5) is 20.3. The molecule has 124 valence electrons. The molecule has 1 aliphatic rings. The second-order valence-electron chi connectivity index (χ2n) is 6.48. The predicted molar refractivity (Wildman–Crippen MR) is 98.4 cm³/mol. The predicted octanol–water partition coefficient (Wildman–Crippen LogP) is 3.73. The van der Waals surface area contributed by atoms with Crippen molar-refractivity contribution in [2.24, 2.45) is 0 Å². The van der Waals surface area contributed by atoms with Gasteiger partial charge in [-0.1, -0.05) is 42.0 Å². The van der Waals surface area contributed by atoms with Crippen molar-refractivity contribution in [2.75, 3.05) is 5.32 Å². The minimum absolute atomic E-state index is 0.0497. The largest absolute Gasteiger partial charge is 0.326 e. The Kier molecular flexibility index (Phi) is 4.02. The number of amides is 1. The molecule has 4 nitrogen and oxygen atoms in total. The molecular weight excluding hydrogens is 310 g/mol. The van der Waals surface area contributed by atoms with E-state index in [4.69, 9.17) is 0 Å². The van der Waals surface area contributed by atoms with Gasteiger partial charge in [-0.2, -0.15) is 0 Å². The summed E-state index contributed by atoms with van der Waals surface area (Å²) in [5, 5.41) is 2.89. The number of fused-ring (bicyclic) bond motifs is 1. The van der Waals surface area contributed by atoms with Crippen molar-refractivity contribution < 1.29 is 4.79 Å². The Morgan fingerprint density at radius 2 is 1.84 bits per heavy atom. The Morgan fingerprint density at radius 1 is 1.00 bits per heavy atom. The molecule has 1 aromatic heterocycles. The number of benzene rings is 2. The van der Waals surface area contributed by atoms with Gasteiger partial charge in [-0.05, 0) is 43.0 Å². The van der Waals surface area contributed by atoms with Crippen molar-refractivity contribution in [3.8, 4) is 11.3 Å². The van der Waals surface area contributed by atoms with Crippen LogP contribution in [-0.4, -0.2) is 15.9 Å². The van der Waals surface area contributed by atoms with Crippen molar-refractivity contribution in [1.82, 2.24) is 9.97 Å². The Balaban J connectivity index is 1.52. The van der Waals surface area contributed by atoms with Gasteiger partial charge in [0.05, 0.1) is 12.1 Å². The van der Waals surface area contributed by atoms with E-state index in [1.54, 1.807) is 6.33 Å². The number of aromatic nitrogens is 2. The third kappa shape index (κ3) is 3.43. The lowest BCUT2D eigenvalue weighted by Gasteiger charge is -2.06. The van der Waals surface area contributed by atoms with E-state index in [1.807, 2.05) is 24.3 Å². The van der Waals surface area contributed by atoms with Crippen LogP contribution in [0.5, 0.6) is 0 Å². The Bertz CT molecular complexity index is 932. The maximum atomic E-state index is 11.5. The van der Waals surface area contributed by atoms with Crippen molar-refractivity contribution >= 4 is 11.6 Å². The van der Waals surface area contributed by atoms with Crippen molar-refractivity contribution in [1.29, 1.82) is 0 Å². The first-order chi connectivity index (χ1) is 12.2. The lowest BCUT2D eigenvalue weighted by Crippen LogP contribution is -2.03. The first kappa shape index (κ1) is 15.5. The smallest absolute Gasteiger partial charge is 0.228 e. The van der Waals surface area contributed by atoms with Crippen molar-refractivity contribution in [2.45, 2.75) is 26.2 Å². The summed E-state index contributed by atoms with van der Waals surface area (Å²) in [5.74, 6) is 0.0497. The number of carbonyl (C=O) groups excluding carboxylic acids is 1. The fraction of sp³-hybridized carbons (Fsp3) is 0.190. The highest BCUT2D eigenvalue weighted by molar-refractivity contribution is 5.99. The number of rotatable bonds is 4. The van der Waals surface area contributed by atoms with Crippen LogP contribution in [0.1, 0.15) is 22.4 Å². The maximum absolute atomic E-state index is 11.5. The second kappa shape index (κ2) is 6.48. The quantitative estimate of drug-likeness (QED) is 0.793. The summed E-state index contributed by atoms with van der Waals surface area (Å²) in [6.45, 7) is 2.10. The lowest BCUT2D eigenvalue weighted by molar-refractivity contribution is -0.115. The summed E-state index contributed by atoms with van der Waals surface area (Å²) in [5.41, 5.74) is 7.43. The van der Waals surface area contributed by atoms with Gasteiger partial charge in [0.15, 0.2) is 0 Å². The molecule has 0 atom stereocenters. The molecule has 1 N–H and O–H groups in total. The van der Waals surface area contributed by atoms with E-state index in [-0.39, 0.29) is 5.91 Å². The summed E-state index contributed by atoms with van der Waals surface area (Å²) < 4.78 is 0. The molecule has 0 saturated heterocycles. The summed E-state index contributed by atoms with van der Waals surface area (Å²) in [6.07, 6.45) is 3.91. The number of nitrogens with zero attached hydrogens (tertiary/aromatic N) is 2. The van der Waals surface area contributed by atoms with Crippen LogP contribution >= 0.6 is 0 Å². The molecule has 2 aromatic carbocycles. The van der Waals surface area contributed by atoms with Crippen LogP contribution in [0.4, 0.5) is 5.69 Å². The van der Waals surface area contributed by atoms with Crippen LogP contribution < -0.4 is 5.32 Å². The average molecular weight is 329 g/mol. The molecule has 4 rings (SSSR count). The summed E-state index contributed by atoms with van der Waals surface area (Å²) in [6, 6.07) is 16.7.